The fourth-order valence-electron chi connectivity index (χ4n) is 2.33. The highest BCUT2D eigenvalue weighted by atomic mass is 35.5. The third kappa shape index (κ3) is 5.82. The molecule has 0 unspecified atom stereocenters. The van der Waals surface area contributed by atoms with Gasteiger partial charge in [-0.15, -0.1) is 0 Å². The second kappa shape index (κ2) is 9.53. The first-order valence-corrected chi connectivity index (χ1v) is 8.93. The highest BCUT2D eigenvalue weighted by Crippen LogP contribution is 2.18. The lowest BCUT2D eigenvalue weighted by atomic mass is 10.2. The Morgan fingerprint density at radius 3 is 2.21 bits per heavy atom. The molecule has 3 aromatic rings. The average molecular weight is 396 g/mol. The molecule has 142 valence electrons. The number of nitrogens with one attached hydrogen (secondary N) is 2. The number of hydrogen-bond acceptors (Lipinski definition) is 4. The van der Waals surface area contributed by atoms with Gasteiger partial charge in [0.25, 0.3) is 0 Å². The second-order valence-electron chi connectivity index (χ2n) is 5.93. The van der Waals surface area contributed by atoms with E-state index in [1.807, 2.05) is 12.1 Å². The highest BCUT2D eigenvalue weighted by Gasteiger charge is 2.13. The summed E-state index contributed by atoms with van der Waals surface area (Å²) in [5.74, 6) is -0.793. The van der Waals surface area contributed by atoms with Gasteiger partial charge < -0.3 is 15.4 Å². The zero-order valence-electron chi connectivity index (χ0n) is 14.9. The average Bonchev–Trinajstić information content (AvgIpc) is 2.73. The lowest BCUT2D eigenvalue weighted by Gasteiger charge is -2.09. The number of amides is 2. The van der Waals surface area contributed by atoms with Gasteiger partial charge in [0, 0.05) is 29.6 Å². The summed E-state index contributed by atoms with van der Waals surface area (Å²) in [7, 11) is 0. The number of hydrogen-bond donors (Lipinski definition) is 2. The topological polar surface area (TPSA) is 80.3 Å². The van der Waals surface area contributed by atoms with Crippen LogP contribution in [0.1, 0.15) is 11.1 Å². The number of benzene rings is 2. The molecule has 1 aromatic heterocycles. The van der Waals surface area contributed by atoms with Crippen LogP contribution in [-0.2, 0) is 22.7 Å². The normalized spacial score (nSPS) is 10.2. The van der Waals surface area contributed by atoms with Crippen molar-refractivity contribution in [1.82, 2.24) is 10.3 Å². The van der Waals surface area contributed by atoms with Crippen molar-refractivity contribution >= 4 is 29.1 Å². The molecular formula is C21H18ClN3O3. The molecule has 0 atom stereocenters. The Morgan fingerprint density at radius 2 is 1.54 bits per heavy atom. The summed E-state index contributed by atoms with van der Waals surface area (Å²) in [4.78, 5) is 27.8. The summed E-state index contributed by atoms with van der Waals surface area (Å²) >= 11 is 5.85. The van der Waals surface area contributed by atoms with Crippen molar-refractivity contribution in [1.29, 1.82) is 0 Å². The third-order valence-corrected chi connectivity index (χ3v) is 4.09. The van der Waals surface area contributed by atoms with E-state index in [2.05, 4.69) is 15.6 Å². The van der Waals surface area contributed by atoms with Crippen LogP contribution in [0.25, 0.3) is 0 Å². The van der Waals surface area contributed by atoms with Crippen LogP contribution in [0.4, 0.5) is 5.69 Å². The Balaban J connectivity index is 1.47. The SMILES string of the molecule is O=C(NCc1ccncc1)C(=O)Nc1ccc(OCc2ccc(Cl)cc2)cc1. The van der Waals surface area contributed by atoms with E-state index in [-0.39, 0.29) is 6.54 Å². The molecule has 2 aromatic carbocycles. The minimum Gasteiger partial charge on any atom is -0.489 e. The van der Waals surface area contributed by atoms with E-state index < -0.39 is 11.8 Å². The number of aromatic nitrogens is 1. The van der Waals surface area contributed by atoms with Gasteiger partial charge in [-0.25, -0.2) is 0 Å². The lowest BCUT2D eigenvalue weighted by molar-refractivity contribution is -0.136. The van der Waals surface area contributed by atoms with Crippen LogP contribution >= 0.6 is 11.6 Å². The summed E-state index contributed by atoms with van der Waals surface area (Å²) in [5.41, 5.74) is 2.36. The zero-order valence-corrected chi connectivity index (χ0v) is 15.6. The van der Waals surface area contributed by atoms with Gasteiger partial charge in [0.2, 0.25) is 0 Å². The number of pyridine rings is 1. The molecule has 0 aliphatic heterocycles. The first-order valence-electron chi connectivity index (χ1n) is 8.55. The zero-order chi connectivity index (χ0) is 19.8. The van der Waals surface area contributed by atoms with Gasteiger partial charge >= 0.3 is 11.8 Å². The molecule has 6 nitrogen and oxygen atoms in total. The van der Waals surface area contributed by atoms with Crippen molar-refractivity contribution in [3.63, 3.8) is 0 Å². The number of carbonyl (C=O) groups is 2. The molecular weight excluding hydrogens is 378 g/mol. The molecule has 28 heavy (non-hydrogen) atoms. The van der Waals surface area contributed by atoms with Crippen LogP contribution in [0.5, 0.6) is 5.75 Å². The van der Waals surface area contributed by atoms with Crippen molar-refractivity contribution in [2.24, 2.45) is 0 Å². The molecule has 0 spiro atoms. The van der Waals surface area contributed by atoms with Crippen LogP contribution in [0.2, 0.25) is 5.02 Å². The Morgan fingerprint density at radius 1 is 0.857 bits per heavy atom. The van der Waals surface area contributed by atoms with Gasteiger partial charge in [0.1, 0.15) is 12.4 Å². The first kappa shape index (κ1) is 19.4. The Bertz CT molecular complexity index is 929. The van der Waals surface area contributed by atoms with E-state index in [0.29, 0.717) is 23.1 Å². The van der Waals surface area contributed by atoms with Crippen molar-refractivity contribution in [2.75, 3.05) is 5.32 Å². The van der Waals surface area contributed by atoms with E-state index in [1.54, 1.807) is 60.9 Å². The number of rotatable bonds is 6. The van der Waals surface area contributed by atoms with E-state index in [9.17, 15) is 9.59 Å². The number of ether oxygens (including phenoxy) is 1. The number of anilines is 1. The molecule has 7 heteroatoms. The van der Waals surface area contributed by atoms with Crippen molar-refractivity contribution in [3.8, 4) is 5.75 Å². The van der Waals surface area contributed by atoms with Gasteiger partial charge in [-0.1, -0.05) is 23.7 Å². The maximum atomic E-state index is 12.0. The van der Waals surface area contributed by atoms with Crippen LogP contribution in [0, 0.1) is 0 Å². The molecule has 0 aliphatic carbocycles. The van der Waals surface area contributed by atoms with E-state index in [0.717, 1.165) is 11.1 Å². The summed E-state index contributed by atoms with van der Waals surface area (Å²) in [6, 6.07) is 17.7. The summed E-state index contributed by atoms with van der Waals surface area (Å²) in [5, 5.41) is 5.79. The Hall–Kier alpha value is -3.38. The van der Waals surface area contributed by atoms with E-state index in [1.165, 1.54) is 0 Å². The Kier molecular flexibility index (Phi) is 6.59. The largest absolute Gasteiger partial charge is 0.489 e. The molecule has 2 amide bonds. The maximum Gasteiger partial charge on any atom is 0.313 e. The van der Waals surface area contributed by atoms with Crippen molar-refractivity contribution in [3.05, 3.63) is 89.2 Å². The first-order chi connectivity index (χ1) is 13.6. The predicted molar refractivity (Wildman–Crippen MR) is 107 cm³/mol. The summed E-state index contributed by atoms with van der Waals surface area (Å²) in [6.45, 7) is 0.659. The van der Waals surface area contributed by atoms with Crippen LogP contribution in [0.15, 0.2) is 73.1 Å². The van der Waals surface area contributed by atoms with Gasteiger partial charge in [-0.05, 0) is 59.7 Å². The van der Waals surface area contributed by atoms with Gasteiger partial charge in [0.05, 0.1) is 0 Å². The lowest BCUT2D eigenvalue weighted by Crippen LogP contribution is -2.34. The molecule has 0 aliphatic rings. The quantitative estimate of drug-likeness (QED) is 0.625. The number of nitrogens with zero attached hydrogens (tertiary/aromatic N) is 1. The van der Waals surface area contributed by atoms with E-state index in [4.69, 9.17) is 16.3 Å². The second-order valence-corrected chi connectivity index (χ2v) is 6.37. The molecule has 1 heterocycles. The number of carbonyl (C=O) groups excluding carboxylic acids is 2. The third-order valence-electron chi connectivity index (χ3n) is 3.84. The number of halogens is 1. The minimum atomic E-state index is -0.733. The van der Waals surface area contributed by atoms with Crippen molar-refractivity contribution < 1.29 is 14.3 Å². The molecule has 0 bridgehead atoms. The molecule has 0 radical (unpaired) electrons. The van der Waals surface area contributed by atoms with E-state index >= 15 is 0 Å². The summed E-state index contributed by atoms with van der Waals surface area (Å²) < 4.78 is 5.69. The molecule has 2 N–H and O–H groups in total. The highest BCUT2D eigenvalue weighted by molar-refractivity contribution is 6.39. The molecule has 0 fully saturated rings. The molecule has 0 saturated heterocycles. The van der Waals surface area contributed by atoms with Crippen molar-refractivity contribution in [2.45, 2.75) is 13.2 Å². The minimum absolute atomic E-state index is 0.256. The van der Waals surface area contributed by atoms with Gasteiger partial charge in [0.15, 0.2) is 0 Å². The molecule has 3 rings (SSSR count). The predicted octanol–water partition coefficient (Wildman–Crippen LogP) is 3.57. The Labute approximate surface area is 167 Å². The van der Waals surface area contributed by atoms with Gasteiger partial charge in [-0.3, -0.25) is 14.6 Å². The van der Waals surface area contributed by atoms with Crippen LogP contribution in [0.3, 0.4) is 0 Å². The maximum absolute atomic E-state index is 12.0. The summed E-state index contributed by atoms with van der Waals surface area (Å²) in [6.07, 6.45) is 3.25. The fraction of sp³-hybridized carbons (Fsp3) is 0.0952. The standard InChI is InChI=1S/C21H18ClN3O3/c22-17-3-1-16(2-4-17)14-28-19-7-5-18(6-8-19)25-21(27)20(26)24-13-15-9-11-23-12-10-15/h1-12H,13-14H2,(H,24,26)(H,25,27). The van der Waals surface area contributed by atoms with Crippen LogP contribution in [-0.4, -0.2) is 16.8 Å². The smallest absolute Gasteiger partial charge is 0.313 e. The monoisotopic (exact) mass is 395 g/mol. The van der Waals surface area contributed by atoms with Crippen LogP contribution < -0.4 is 15.4 Å². The van der Waals surface area contributed by atoms with Gasteiger partial charge in [-0.2, -0.15) is 0 Å². The fourth-order valence-corrected chi connectivity index (χ4v) is 2.46. The molecule has 0 saturated carbocycles.